The first-order valence-corrected chi connectivity index (χ1v) is 9.49. The molecule has 0 atom stereocenters. The van der Waals surface area contributed by atoms with Crippen molar-refractivity contribution in [2.24, 2.45) is 5.41 Å². The summed E-state index contributed by atoms with van der Waals surface area (Å²) in [6.07, 6.45) is 2.22. The summed E-state index contributed by atoms with van der Waals surface area (Å²) in [6, 6.07) is 15.0. The van der Waals surface area contributed by atoms with Crippen LogP contribution in [0.1, 0.15) is 28.8 Å². The molecular formula is C21H23ClN2O2. The molecule has 1 amide bonds. The summed E-state index contributed by atoms with van der Waals surface area (Å²) in [5.74, 6) is 0.916. The molecule has 2 saturated heterocycles. The van der Waals surface area contributed by atoms with Crippen molar-refractivity contribution >= 4 is 17.5 Å². The summed E-state index contributed by atoms with van der Waals surface area (Å²) in [7, 11) is 0. The van der Waals surface area contributed by atoms with E-state index in [1.165, 1.54) is 0 Å². The number of rotatable bonds is 4. The van der Waals surface area contributed by atoms with Gasteiger partial charge in [0.1, 0.15) is 12.4 Å². The predicted molar refractivity (Wildman–Crippen MR) is 103 cm³/mol. The molecule has 5 heteroatoms. The topological polar surface area (TPSA) is 41.6 Å². The monoisotopic (exact) mass is 370 g/mol. The zero-order chi connectivity index (χ0) is 18.0. The molecule has 0 radical (unpaired) electrons. The average Bonchev–Trinajstić information content (AvgIpc) is 2.66. The first-order chi connectivity index (χ1) is 12.6. The Morgan fingerprint density at radius 3 is 2.27 bits per heavy atom. The van der Waals surface area contributed by atoms with Crippen LogP contribution in [0.25, 0.3) is 0 Å². The average molecular weight is 371 g/mol. The Morgan fingerprint density at radius 2 is 1.69 bits per heavy atom. The minimum Gasteiger partial charge on any atom is -0.489 e. The molecule has 4 rings (SSSR count). The number of carbonyl (C=O) groups excluding carboxylic acids is 1. The molecule has 2 aromatic carbocycles. The van der Waals surface area contributed by atoms with Crippen molar-refractivity contribution in [2.75, 3.05) is 26.2 Å². The van der Waals surface area contributed by atoms with Gasteiger partial charge in [-0.25, -0.2) is 0 Å². The summed E-state index contributed by atoms with van der Waals surface area (Å²) in [5.41, 5.74) is 2.25. The quantitative estimate of drug-likeness (QED) is 0.891. The second kappa shape index (κ2) is 7.29. The smallest absolute Gasteiger partial charge is 0.253 e. The van der Waals surface area contributed by atoms with Crippen molar-refractivity contribution in [1.82, 2.24) is 10.2 Å². The van der Waals surface area contributed by atoms with Gasteiger partial charge < -0.3 is 15.0 Å². The van der Waals surface area contributed by atoms with Gasteiger partial charge in [0.2, 0.25) is 0 Å². The van der Waals surface area contributed by atoms with E-state index in [1.807, 2.05) is 41.3 Å². The number of halogens is 1. The molecule has 136 valence electrons. The molecule has 4 nitrogen and oxygen atoms in total. The molecule has 2 aliphatic heterocycles. The normalized spacial score (nSPS) is 18.4. The van der Waals surface area contributed by atoms with Crippen LogP contribution in [-0.4, -0.2) is 37.0 Å². The molecule has 0 unspecified atom stereocenters. The third-order valence-electron chi connectivity index (χ3n) is 5.53. The van der Waals surface area contributed by atoms with Crippen LogP contribution in [0, 0.1) is 5.41 Å². The minimum atomic E-state index is 0.136. The van der Waals surface area contributed by atoms with Crippen molar-refractivity contribution in [3.8, 4) is 5.75 Å². The number of hydrogen-bond donors (Lipinski definition) is 1. The van der Waals surface area contributed by atoms with Gasteiger partial charge in [-0.1, -0.05) is 23.7 Å². The van der Waals surface area contributed by atoms with Crippen LogP contribution in [0.3, 0.4) is 0 Å². The minimum absolute atomic E-state index is 0.136. The fraction of sp³-hybridized carbons (Fsp3) is 0.381. The van der Waals surface area contributed by atoms with Gasteiger partial charge in [-0.2, -0.15) is 0 Å². The third kappa shape index (κ3) is 3.71. The second-order valence-electron chi connectivity index (χ2n) is 7.34. The Morgan fingerprint density at radius 1 is 1.04 bits per heavy atom. The number of amides is 1. The molecular weight excluding hydrogens is 348 g/mol. The van der Waals surface area contributed by atoms with E-state index in [2.05, 4.69) is 5.32 Å². The number of piperidine rings is 1. The van der Waals surface area contributed by atoms with Crippen LogP contribution in [0.5, 0.6) is 5.75 Å². The number of benzene rings is 2. The van der Waals surface area contributed by atoms with Gasteiger partial charge in [-0.15, -0.1) is 0 Å². The van der Waals surface area contributed by atoms with E-state index >= 15 is 0 Å². The lowest BCUT2D eigenvalue weighted by molar-refractivity contribution is 0.0414. The molecule has 0 aromatic heterocycles. The Balaban J connectivity index is 1.32. The molecule has 2 fully saturated rings. The summed E-state index contributed by atoms with van der Waals surface area (Å²) in [6.45, 7) is 4.41. The van der Waals surface area contributed by atoms with E-state index in [-0.39, 0.29) is 5.91 Å². The van der Waals surface area contributed by atoms with Gasteiger partial charge in [-0.3, -0.25) is 4.79 Å². The lowest BCUT2D eigenvalue weighted by Crippen LogP contribution is -2.58. The maximum atomic E-state index is 12.7. The zero-order valence-electron chi connectivity index (χ0n) is 14.7. The maximum absolute atomic E-state index is 12.7. The second-order valence-corrected chi connectivity index (χ2v) is 7.77. The summed E-state index contributed by atoms with van der Waals surface area (Å²) in [4.78, 5) is 14.7. The lowest BCUT2D eigenvalue weighted by atomic mass is 9.73. The van der Waals surface area contributed by atoms with Crippen molar-refractivity contribution in [3.63, 3.8) is 0 Å². The SMILES string of the molecule is O=C(c1ccc(COc2ccc(Cl)cc2)cc1)N1CCC2(CC1)CNC2. The van der Waals surface area contributed by atoms with E-state index in [0.717, 1.165) is 55.9 Å². The van der Waals surface area contributed by atoms with E-state index in [1.54, 1.807) is 12.1 Å². The molecule has 1 N–H and O–H groups in total. The highest BCUT2D eigenvalue weighted by Gasteiger charge is 2.40. The Kier molecular flexibility index (Phi) is 4.88. The fourth-order valence-corrected chi connectivity index (χ4v) is 3.77. The number of likely N-dealkylation sites (tertiary alicyclic amines) is 1. The van der Waals surface area contributed by atoms with Crippen LogP contribution in [0.4, 0.5) is 0 Å². The van der Waals surface area contributed by atoms with Crippen molar-refractivity contribution in [3.05, 3.63) is 64.7 Å². The summed E-state index contributed by atoms with van der Waals surface area (Å²) < 4.78 is 5.75. The summed E-state index contributed by atoms with van der Waals surface area (Å²) >= 11 is 5.87. The molecule has 0 aliphatic carbocycles. The van der Waals surface area contributed by atoms with Crippen LogP contribution < -0.4 is 10.1 Å². The highest BCUT2D eigenvalue weighted by molar-refractivity contribution is 6.30. The van der Waals surface area contributed by atoms with Crippen molar-refractivity contribution in [2.45, 2.75) is 19.4 Å². The maximum Gasteiger partial charge on any atom is 0.253 e. The summed E-state index contributed by atoms with van der Waals surface area (Å²) in [5, 5.41) is 4.05. The van der Waals surface area contributed by atoms with Gasteiger partial charge in [-0.05, 0) is 60.2 Å². The van der Waals surface area contributed by atoms with Gasteiger partial charge >= 0.3 is 0 Å². The number of nitrogens with zero attached hydrogens (tertiary/aromatic N) is 1. The Bertz CT molecular complexity index is 760. The van der Waals surface area contributed by atoms with Gasteiger partial charge in [0.05, 0.1) is 0 Å². The largest absolute Gasteiger partial charge is 0.489 e. The molecule has 2 aromatic rings. The van der Waals surface area contributed by atoms with Gasteiger partial charge in [0.25, 0.3) is 5.91 Å². The molecule has 26 heavy (non-hydrogen) atoms. The van der Waals surface area contributed by atoms with Crippen molar-refractivity contribution < 1.29 is 9.53 Å². The molecule has 0 bridgehead atoms. The number of hydrogen-bond acceptors (Lipinski definition) is 3. The molecule has 2 aliphatic rings. The molecule has 0 saturated carbocycles. The van der Waals surface area contributed by atoms with Crippen LogP contribution in [-0.2, 0) is 6.61 Å². The van der Waals surface area contributed by atoms with Crippen LogP contribution in [0.15, 0.2) is 48.5 Å². The Labute approximate surface area is 159 Å². The Hall–Kier alpha value is -2.04. The highest BCUT2D eigenvalue weighted by Crippen LogP contribution is 2.35. The standard InChI is InChI=1S/C21H23ClN2O2/c22-18-5-7-19(8-6-18)26-13-16-1-3-17(4-2-16)20(25)24-11-9-21(10-12-24)14-23-15-21/h1-8,23H,9-15H2. The van der Waals surface area contributed by atoms with E-state index in [4.69, 9.17) is 16.3 Å². The first kappa shape index (κ1) is 17.4. The number of nitrogens with one attached hydrogen (secondary N) is 1. The molecule has 1 spiro atoms. The van der Waals surface area contributed by atoms with E-state index in [0.29, 0.717) is 17.0 Å². The van der Waals surface area contributed by atoms with Gasteiger partial charge in [0.15, 0.2) is 0 Å². The number of ether oxygens (including phenoxy) is 1. The number of carbonyl (C=O) groups is 1. The van der Waals surface area contributed by atoms with Crippen molar-refractivity contribution in [1.29, 1.82) is 0 Å². The fourth-order valence-electron chi connectivity index (χ4n) is 3.64. The predicted octanol–water partition coefficient (Wildman–Crippen LogP) is 3.74. The highest BCUT2D eigenvalue weighted by atomic mass is 35.5. The van der Waals surface area contributed by atoms with E-state index < -0.39 is 0 Å². The van der Waals surface area contributed by atoms with E-state index in [9.17, 15) is 4.79 Å². The van der Waals surface area contributed by atoms with Gasteiger partial charge in [0, 0.05) is 36.8 Å². The lowest BCUT2D eigenvalue weighted by Gasteiger charge is -2.48. The third-order valence-corrected chi connectivity index (χ3v) is 5.78. The first-order valence-electron chi connectivity index (χ1n) is 9.11. The molecule has 2 heterocycles. The zero-order valence-corrected chi connectivity index (χ0v) is 15.5. The van der Waals surface area contributed by atoms with Crippen LogP contribution in [0.2, 0.25) is 5.02 Å². The van der Waals surface area contributed by atoms with Crippen LogP contribution >= 0.6 is 11.6 Å².